The molecule has 39 heavy (non-hydrogen) atoms. The molecule has 4 aromatic rings. The lowest BCUT2D eigenvalue weighted by atomic mass is 10.1. The molecule has 0 aliphatic rings. The standard InChI is InChI=1S/C31H29N3O3S2/c1-3-37-30(36)23-14-18-24(19-15-23)32-29(35)28(22-8-5-4-6-9-22)39-27-11-7-10-26(20-27)34-31(38)33-25-16-12-21(2)13-17-25/h4-20,28H,3H2,1-2H3,(H,32,35)(H2,33,34,38). The molecule has 0 fully saturated rings. The second kappa shape index (κ2) is 13.6. The fourth-order valence-electron chi connectivity index (χ4n) is 3.73. The third-order valence-electron chi connectivity index (χ3n) is 5.66. The number of thioether (sulfide) groups is 1. The van der Waals surface area contributed by atoms with E-state index in [0.717, 1.165) is 21.8 Å². The van der Waals surface area contributed by atoms with Crippen LogP contribution in [0.1, 0.15) is 33.7 Å². The third kappa shape index (κ3) is 8.17. The highest BCUT2D eigenvalue weighted by Gasteiger charge is 2.22. The van der Waals surface area contributed by atoms with E-state index in [9.17, 15) is 9.59 Å². The number of benzene rings is 4. The van der Waals surface area contributed by atoms with Gasteiger partial charge in [-0.2, -0.15) is 0 Å². The lowest BCUT2D eigenvalue weighted by Crippen LogP contribution is -2.19. The number of aryl methyl sites for hydroxylation is 1. The van der Waals surface area contributed by atoms with Crippen molar-refractivity contribution in [2.24, 2.45) is 0 Å². The summed E-state index contributed by atoms with van der Waals surface area (Å²) >= 11 is 6.93. The number of anilines is 3. The Morgan fingerprint density at radius 2 is 1.44 bits per heavy atom. The van der Waals surface area contributed by atoms with Gasteiger partial charge in [0.15, 0.2) is 5.11 Å². The van der Waals surface area contributed by atoms with E-state index in [1.165, 1.54) is 17.3 Å². The number of esters is 1. The summed E-state index contributed by atoms with van der Waals surface area (Å²) in [5.41, 5.74) is 4.79. The molecule has 8 heteroatoms. The fraction of sp³-hybridized carbons (Fsp3) is 0.129. The molecule has 1 atom stereocenters. The van der Waals surface area contributed by atoms with Crippen LogP contribution in [0.4, 0.5) is 17.1 Å². The lowest BCUT2D eigenvalue weighted by Gasteiger charge is -2.18. The molecule has 198 valence electrons. The van der Waals surface area contributed by atoms with Crippen molar-refractivity contribution in [2.75, 3.05) is 22.6 Å². The third-order valence-corrected chi connectivity index (χ3v) is 7.11. The van der Waals surface area contributed by atoms with E-state index in [1.54, 1.807) is 31.2 Å². The van der Waals surface area contributed by atoms with Crippen molar-refractivity contribution in [2.45, 2.75) is 24.0 Å². The first-order valence-corrected chi connectivity index (χ1v) is 13.7. The first-order chi connectivity index (χ1) is 18.9. The average molecular weight is 556 g/mol. The Morgan fingerprint density at radius 1 is 0.795 bits per heavy atom. The molecule has 0 aliphatic heterocycles. The number of rotatable bonds is 9. The predicted molar refractivity (Wildman–Crippen MR) is 164 cm³/mol. The van der Waals surface area contributed by atoms with Gasteiger partial charge in [0.25, 0.3) is 0 Å². The van der Waals surface area contributed by atoms with Crippen molar-refractivity contribution >= 4 is 58.0 Å². The quantitative estimate of drug-likeness (QED) is 0.112. The van der Waals surface area contributed by atoms with Crippen LogP contribution in [0.25, 0.3) is 0 Å². The maximum atomic E-state index is 13.5. The Balaban J connectivity index is 1.46. The number of ether oxygens (including phenoxy) is 1. The van der Waals surface area contributed by atoms with Gasteiger partial charge in [0.1, 0.15) is 5.25 Å². The maximum Gasteiger partial charge on any atom is 0.338 e. The van der Waals surface area contributed by atoms with E-state index in [-0.39, 0.29) is 5.91 Å². The molecule has 1 unspecified atom stereocenters. The zero-order valence-corrected chi connectivity index (χ0v) is 23.3. The molecule has 4 rings (SSSR count). The molecule has 0 saturated heterocycles. The molecule has 0 radical (unpaired) electrons. The number of hydrogen-bond acceptors (Lipinski definition) is 5. The summed E-state index contributed by atoms with van der Waals surface area (Å²) in [5, 5.41) is 9.35. The van der Waals surface area contributed by atoms with Crippen LogP contribution in [-0.2, 0) is 9.53 Å². The van der Waals surface area contributed by atoms with Gasteiger partial charge < -0.3 is 20.7 Å². The van der Waals surface area contributed by atoms with Crippen molar-refractivity contribution in [3.8, 4) is 0 Å². The molecule has 1 amide bonds. The molecule has 0 saturated carbocycles. The zero-order chi connectivity index (χ0) is 27.6. The summed E-state index contributed by atoms with van der Waals surface area (Å²) in [6, 6.07) is 32.1. The summed E-state index contributed by atoms with van der Waals surface area (Å²) in [6.45, 7) is 4.10. The summed E-state index contributed by atoms with van der Waals surface area (Å²) < 4.78 is 5.03. The summed E-state index contributed by atoms with van der Waals surface area (Å²) in [6.07, 6.45) is 0. The molecular formula is C31H29N3O3S2. The van der Waals surface area contributed by atoms with Gasteiger partial charge in [-0.25, -0.2) is 4.79 Å². The smallest absolute Gasteiger partial charge is 0.338 e. The number of carbonyl (C=O) groups excluding carboxylic acids is 2. The van der Waals surface area contributed by atoms with Crippen LogP contribution in [0.15, 0.2) is 108 Å². The van der Waals surface area contributed by atoms with Gasteiger partial charge in [0, 0.05) is 22.0 Å². The second-order valence-corrected chi connectivity index (χ2v) is 10.3. The van der Waals surface area contributed by atoms with Gasteiger partial charge in [-0.15, -0.1) is 11.8 Å². The van der Waals surface area contributed by atoms with Gasteiger partial charge in [0.2, 0.25) is 5.91 Å². The van der Waals surface area contributed by atoms with Crippen LogP contribution in [0, 0.1) is 6.92 Å². The molecule has 3 N–H and O–H groups in total. The van der Waals surface area contributed by atoms with Crippen LogP contribution in [-0.4, -0.2) is 23.6 Å². The van der Waals surface area contributed by atoms with Crippen LogP contribution in [0.2, 0.25) is 0 Å². The number of nitrogens with one attached hydrogen (secondary N) is 3. The van der Waals surface area contributed by atoms with Crippen LogP contribution >= 0.6 is 24.0 Å². The summed E-state index contributed by atoms with van der Waals surface area (Å²) in [5.74, 6) is -0.569. The Morgan fingerprint density at radius 3 is 2.13 bits per heavy atom. The van der Waals surface area contributed by atoms with Crippen molar-refractivity contribution in [3.05, 3.63) is 120 Å². The van der Waals surface area contributed by atoms with Gasteiger partial charge in [-0.05, 0) is 86.2 Å². The first-order valence-electron chi connectivity index (χ1n) is 12.5. The Kier molecular flexibility index (Phi) is 9.72. The first kappa shape index (κ1) is 27.9. The number of thiocarbonyl (C=S) groups is 1. The normalized spacial score (nSPS) is 11.2. The maximum absolute atomic E-state index is 13.5. The summed E-state index contributed by atoms with van der Waals surface area (Å²) in [4.78, 5) is 26.3. The Labute approximate surface area is 238 Å². The number of carbonyl (C=O) groups is 2. The van der Waals surface area contributed by atoms with Crippen LogP contribution in [0.5, 0.6) is 0 Å². The van der Waals surface area contributed by atoms with E-state index < -0.39 is 11.2 Å². The highest BCUT2D eigenvalue weighted by Crippen LogP contribution is 2.37. The highest BCUT2D eigenvalue weighted by molar-refractivity contribution is 8.00. The van der Waals surface area contributed by atoms with Crippen molar-refractivity contribution < 1.29 is 14.3 Å². The van der Waals surface area contributed by atoms with Gasteiger partial charge in [0.05, 0.1) is 12.2 Å². The second-order valence-electron chi connectivity index (χ2n) is 8.67. The van der Waals surface area contributed by atoms with Crippen LogP contribution in [0.3, 0.4) is 0 Å². The minimum atomic E-state index is -0.510. The van der Waals surface area contributed by atoms with E-state index in [4.69, 9.17) is 17.0 Å². The zero-order valence-electron chi connectivity index (χ0n) is 21.6. The molecular weight excluding hydrogens is 526 g/mol. The SMILES string of the molecule is CCOC(=O)c1ccc(NC(=O)C(Sc2cccc(NC(=S)Nc3ccc(C)cc3)c2)c2ccccc2)cc1. The highest BCUT2D eigenvalue weighted by atomic mass is 32.2. The van der Waals surface area contributed by atoms with E-state index >= 15 is 0 Å². The number of amides is 1. The van der Waals surface area contributed by atoms with Crippen molar-refractivity contribution in [3.63, 3.8) is 0 Å². The van der Waals surface area contributed by atoms with Gasteiger partial charge >= 0.3 is 5.97 Å². The minimum absolute atomic E-state index is 0.176. The monoisotopic (exact) mass is 555 g/mol. The molecule has 0 spiro atoms. The topological polar surface area (TPSA) is 79.5 Å². The van der Waals surface area contributed by atoms with E-state index in [2.05, 4.69) is 16.0 Å². The Bertz CT molecular complexity index is 1430. The van der Waals surface area contributed by atoms with Crippen molar-refractivity contribution in [1.29, 1.82) is 0 Å². The van der Waals surface area contributed by atoms with Crippen molar-refractivity contribution in [1.82, 2.24) is 0 Å². The Hall–Kier alpha value is -4.14. The number of hydrogen-bond donors (Lipinski definition) is 3. The lowest BCUT2D eigenvalue weighted by molar-refractivity contribution is -0.115. The largest absolute Gasteiger partial charge is 0.462 e. The summed E-state index contributed by atoms with van der Waals surface area (Å²) in [7, 11) is 0. The molecule has 4 aromatic carbocycles. The molecule has 0 aromatic heterocycles. The predicted octanol–water partition coefficient (Wildman–Crippen LogP) is 7.45. The molecule has 0 aliphatic carbocycles. The molecule has 6 nitrogen and oxygen atoms in total. The molecule has 0 bridgehead atoms. The fourth-order valence-corrected chi connectivity index (χ4v) is 5.05. The minimum Gasteiger partial charge on any atom is -0.462 e. The van der Waals surface area contributed by atoms with Crippen LogP contribution < -0.4 is 16.0 Å². The van der Waals surface area contributed by atoms with E-state index in [0.29, 0.717) is 23.0 Å². The average Bonchev–Trinajstić information content (AvgIpc) is 2.94. The van der Waals surface area contributed by atoms with Gasteiger partial charge in [-0.1, -0.05) is 54.1 Å². The van der Waals surface area contributed by atoms with E-state index in [1.807, 2.05) is 85.8 Å². The molecule has 0 heterocycles. The van der Waals surface area contributed by atoms with Gasteiger partial charge in [-0.3, -0.25) is 4.79 Å².